The summed E-state index contributed by atoms with van der Waals surface area (Å²) in [4.78, 5) is 26.1. The van der Waals surface area contributed by atoms with E-state index >= 15 is 0 Å². The minimum absolute atomic E-state index is 0.205. The molecule has 6 nitrogen and oxygen atoms in total. The molecule has 0 aromatic carbocycles. The Morgan fingerprint density at radius 1 is 1.25 bits per heavy atom. The third kappa shape index (κ3) is 3.28. The van der Waals surface area contributed by atoms with Crippen molar-refractivity contribution in [3.05, 3.63) is 42.6 Å². The number of amides is 1. The van der Waals surface area contributed by atoms with Crippen molar-refractivity contribution in [3.63, 3.8) is 0 Å². The number of rotatable bonds is 5. The molecule has 104 valence electrons. The van der Waals surface area contributed by atoms with Crippen molar-refractivity contribution in [2.45, 2.75) is 13.3 Å². The van der Waals surface area contributed by atoms with Crippen LogP contribution in [-0.2, 0) is 0 Å². The summed E-state index contributed by atoms with van der Waals surface area (Å²) in [7, 11) is 1.70. The van der Waals surface area contributed by atoms with Crippen LogP contribution in [0.2, 0.25) is 0 Å². The summed E-state index contributed by atoms with van der Waals surface area (Å²) in [5.41, 5.74) is 1.07. The van der Waals surface area contributed by atoms with E-state index < -0.39 is 0 Å². The van der Waals surface area contributed by atoms with Gasteiger partial charge in [0, 0.05) is 31.7 Å². The highest BCUT2D eigenvalue weighted by atomic mass is 16.2. The summed E-state index contributed by atoms with van der Waals surface area (Å²) in [6, 6.07) is 3.54. The molecule has 1 N–H and O–H groups in total. The van der Waals surface area contributed by atoms with Crippen LogP contribution >= 0.6 is 0 Å². The average Bonchev–Trinajstić information content (AvgIpc) is 2.52. The van der Waals surface area contributed by atoms with E-state index in [0.717, 1.165) is 18.7 Å². The van der Waals surface area contributed by atoms with Crippen LogP contribution in [0, 0.1) is 0 Å². The first kappa shape index (κ1) is 13.9. The van der Waals surface area contributed by atoms with Gasteiger partial charge in [0.1, 0.15) is 11.5 Å². The summed E-state index contributed by atoms with van der Waals surface area (Å²) in [5.74, 6) is 0.407. The third-order valence-electron chi connectivity index (χ3n) is 2.76. The summed E-state index contributed by atoms with van der Waals surface area (Å²) >= 11 is 0. The molecule has 0 aliphatic rings. The zero-order chi connectivity index (χ0) is 14.4. The van der Waals surface area contributed by atoms with Crippen LogP contribution in [0.3, 0.4) is 0 Å². The van der Waals surface area contributed by atoms with Crippen LogP contribution in [0.5, 0.6) is 0 Å². The number of hydrogen-bond donors (Lipinski definition) is 1. The minimum atomic E-state index is -0.205. The molecule has 2 aromatic heterocycles. The number of anilines is 2. The fourth-order valence-corrected chi connectivity index (χ4v) is 1.66. The maximum atomic E-state index is 12.3. The van der Waals surface area contributed by atoms with E-state index in [1.54, 1.807) is 37.8 Å². The van der Waals surface area contributed by atoms with Gasteiger partial charge in [0.15, 0.2) is 0 Å². The Bertz CT molecular complexity index is 573. The first-order valence-corrected chi connectivity index (χ1v) is 6.46. The second-order valence-electron chi connectivity index (χ2n) is 4.29. The highest BCUT2D eigenvalue weighted by Gasteiger charge is 2.15. The van der Waals surface area contributed by atoms with Crippen molar-refractivity contribution < 1.29 is 4.79 Å². The van der Waals surface area contributed by atoms with Gasteiger partial charge in [-0.2, -0.15) is 0 Å². The lowest BCUT2D eigenvalue weighted by atomic mass is 10.3. The molecule has 2 rings (SSSR count). The molecule has 0 unspecified atom stereocenters. The van der Waals surface area contributed by atoms with Gasteiger partial charge in [0.2, 0.25) is 0 Å². The normalized spacial score (nSPS) is 10.1. The minimum Gasteiger partial charge on any atom is -0.369 e. The van der Waals surface area contributed by atoms with Gasteiger partial charge in [0.25, 0.3) is 5.91 Å². The first-order chi connectivity index (χ1) is 9.72. The Morgan fingerprint density at radius 3 is 2.70 bits per heavy atom. The lowest BCUT2D eigenvalue weighted by molar-refractivity contribution is 0.0988. The summed E-state index contributed by atoms with van der Waals surface area (Å²) < 4.78 is 0. The van der Waals surface area contributed by atoms with Gasteiger partial charge >= 0.3 is 0 Å². The van der Waals surface area contributed by atoms with Gasteiger partial charge in [-0.1, -0.05) is 6.92 Å². The smallest absolute Gasteiger partial charge is 0.278 e. The SMILES string of the molecule is CCCNc1cncc(C(=O)N(C)c2ccncc2)n1. The second-order valence-corrected chi connectivity index (χ2v) is 4.29. The van der Waals surface area contributed by atoms with Gasteiger partial charge in [-0.15, -0.1) is 0 Å². The van der Waals surface area contributed by atoms with Gasteiger partial charge in [0.05, 0.1) is 12.4 Å². The van der Waals surface area contributed by atoms with Crippen molar-refractivity contribution in [1.82, 2.24) is 15.0 Å². The Hall–Kier alpha value is -2.50. The molecule has 2 heterocycles. The first-order valence-electron chi connectivity index (χ1n) is 6.46. The summed E-state index contributed by atoms with van der Waals surface area (Å²) in [5, 5.41) is 3.11. The number of pyridine rings is 1. The lowest BCUT2D eigenvalue weighted by Gasteiger charge is -2.16. The van der Waals surface area contributed by atoms with Gasteiger partial charge < -0.3 is 10.2 Å². The maximum absolute atomic E-state index is 12.3. The van der Waals surface area contributed by atoms with E-state index in [0.29, 0.717) is 11.5 Å². The highest BCUT2D eigenvalue weighted by Crippen LogP contribution is 2.13. The predicted octanol–water partition coefficient (Wildman–Crippen LogP) is 1.97. The molecule has 0 atom stereocenters. The zero-order valence-electron chi connectivity index (χ0n) is 11.6. The van der Waals surface area contributed by atoms with E-state index in [1.165, 1.54) is 11.1 Å². The van der Waals surface area contributed by atoms with Crippen LogP contribution < -0.4 is 10.2 Å². The summed E-state index contributed by atoms with van der Waals surface area (Å²) in [6.45, 7) is 2.86. The van der Waals surface area contributed by atoms with Crippen LogP contribution in [0.25, 0.3) is 0 Å². The monoisotopic (exact) mass is 271 g/mol. The molecule has 0 fully saturated rings. The number of aromatic nitrogens is 3. The average molecular weight is 271 g/mol. The van der Waals surface area contributed by atoms with E-state index in [9.17, 15) is 4.79 Å². The van der Waals surface area contributed by atoms with Crippen molar-refractivity contribution >= 4 is 17.4 Å². The molecule has 0 bridgehead atoms. The number of carbonyl (C=O) groups is 1. The Kier molecular flexibility index (Phi) is 4.60. The van der Waals surface area contributed by atoms with Crippen LogP contribution in [0.1, 0.15) is 23.8 Å². The van der Waals surface area contributed by atoms with E-state index in [4.69, 9.17) is 0 Å². The number of nitrogens with one attached hydrogen (secondary N) is 1. The largest absolute Gasteiger partial charge is 0.369 e. The van der Waals surface area contributed by atoms with E-state index in [1.807, 2.05) is 0 Å². The molecule has 0 saturated heterocycles. The molecule has 0 radical (unpaired) electrons. The molecular weight excluding hydrogens is 254 g/mol. The van der Waals surface area contributed by atoms with Gasteiger partial charge in [-0.3, -0.25) is 14.8 Å². The fourth-order valence-electron chi connectivity index (χ4n) is 1.66. The maximum Gasteiger partial charge on any atom is 0.278 e. The Balaban J connectivity index is 2.16. The molecule has 1 amide bonds. The number of carbonyl (C=O) groups excluding carboxylic acids is 1. The molecule has 0 saturated carbocycles. The van der Waals surface area contributed by atoms with Gasteiger partial charge in [-0.05, 0) is 18.6 Å². The summed E-state index contributed by atoms with van der Waals surface area (Å²) in [6.07, 6.45) is 7.35. The van der Waals surface area contributed by atoms with Crippen LogP contribution in [0.4, 0.5) is 11.5 Å². The van der Waals surface area contributed by atoms with Gasteiger partial charge in [-0.25, -0.2) is 4.98 Å². The molecule has 6 heteroatoms. The third-order valence-corrected chi connectivity index (χ3v) is 2.76. The highest BCUT2D eigenvalue weighted by molar-refractivity contribution is 6.04. The van der Waals surface area contributed by atoms with Crippen molar-refractivity contribution in [2.75, 3.05) is 23.8 Å². The lowest BCUT2D eigenvalue weighted by Crippen LogP contribution is -2.27. The Morgan fingerprint density at radius 2 is 2.00 bits per heavy atom. The molecule has 20 heavy (non-hydrogen) atoms. The van der Waals surface area contributed by atoms with E-state index in [-0.39, 0.29) is 5.91 Å². The van der Waals surface area contributed by atoms with E-state index in [2.05, 4.69) is 27.2 Å². The number of nitrogens with zero attached hydrogens (tertiary/aromatic N) is 4. The molecule has 0 spiro atoms. The molecule has 2 aromatic rings. The quantitative estimate of drug-likeness (QED) is 0.900. The zero-order valence-corrected chi connectivity index (χ0v) is 11.6. The van der Waals surface area contributed by atoms with Crippen molar-refractivity contribution in [3.8, 4) is 0 Å². The predicted molar refractivity (Wildman–Crippen MR) is 77.8 cm³/mol. The molecule has 0 aliphatic heterocycles. The Labute approximate surface area is 117 Å². The van der Waals surface area contributed by atoms with Crippen molar-refractivity contribution in [2.24, 2.45) is 0 Å². The number of hydrogen-bond acceptors (Lipinski definition) is 5. The van der Waals surface area contributed by atoms with Crippen LogP contribution in [-0.4, -0.2) is 34.5 Å². The second kappa shape index (κ2) is 6.60. The molecule has 0 aliphatic carbocycles. The fraction of sp³-hybridized carbons (Fsp3) is 0.286. The molecular formula is C14H17N5O. The van der Waals surface area contributed by atoms with Crippen molar-refractivity contribution in [1.29, 1.82) is 0 Å². The van der Waals surface area contributed by atoms with Crippen LogP contribution in [0.15, 0.2) is 36.9 Å². The standard InChI is InChI=1S/C14H17N5O/c1-3-6-17-13-10-16-9-12(18-13)14(20)19(2)11-4-7-15-8-5-11/h4-5,7-10H,3,6H2,1-2H3,(H,17,18). The topological polar surface area (TPSA) is 71.0 Å².